The van der Waals surface area contributed by atoms with Gasteiger partial charge < -0.3 is 20.5 Å². The molecule has 0 fully saturated rings. The first kappa shape index (κ1) is 16.7. The number of methoxy groups -OCH3 is 1. The van der Waals surface area contributed by atoms with Crippen molar-refractivity contribution in [2.75, 3.05) is 37.4 Å². The van der Waals surface area contributed by atoms with E-state index in [0.29, 0.717) is 12.4 Å². The summed E-state index contributed by atoms with van der Waals surface area (Å²) in [5, 5.41) is 15.3. The Labute approximate surface area is 121 Å². The Morgan fingerprint density at radius 2 is 1.80 bits per heavy atom. The third kappa shape index (κ3) is 6.68. The Hall–Kier alpha value is -1.40. The zero-order valence-corrected chi connectivity index (χ0v) is 12.5. The Balaban J connectivity index is 2.55. The van der Waals surface area contributed by atoms with Gasteiger partial charge in [-0.15, -0.1) is 0 Å². The SMILES string of the molecule is CCCNc1cc(NCCCCCO)nc(COC)n1. The van der Waals surface area contributed by atoms with Crippen LogP contribution in [0.3, 0.4) is 0 Å². The lowest BCUT2D eigenvalue weighted by atomic mass is 10.2. The van der Waals surface area contributed by atoms with Crippen LogP contribution in [-0.2, 0) is 11.3 Å². The van der Waals surface area contributed by atoms with E-state index < -0.39 is 0 Å². The quantitative estimate of drug-likeness (QED) is 0.539. The standard InChI is InChI=1S/C14H26N4O2/c1-3-7-15-12-10-13(16-8-5-4-6-9-19)18-14(17-12)11-20-2/h10,19H,3-9,11H2,1-2H3,(H2,15,16,17,18). The zero-order chi connectivity index (χ0) is 14.6. The molecule has 0 aliphatic rings. The number of anilines is 2. The molecule has 1 aromatic heterocycles. The molecular weight excluding hydrogens is 256 g/mol. The average Bonchev–Trinajstić information content (AvgIpc) is 2.45. The van der Waals surface area contributed by atoms with Crippen LogP contribution in [-0.4, -0.2) is 41.9 Å². The molecule has 0 bridgehead atoms. The highest BCUT2D eigenvalue weighted by molar-refractivity contribution is 5.47. The molecule has 0 radical (unpaired) electrons. The Morgan fingerprint density at radius 3 is 2.40 bits per heavy atom. The molecule has 1 aromatic rings. The van der Waals surface area contributed by atoms with Gasteiger partial charge in [-0.05, 0) is 25.7 Å². The second-order valence-electron chi connectivity index (χ2n) is 4.63. The summed E-state index contributed by atoms with van der Waals surface area (Å²) in [5.41, 5.74) is 0. The summed E-state index contributed by atoms with van der Waals surface area (Å²) in [6.07, 6.45) is 3.93. The van der Waals surface area contributed by atoms with E-state index in [1.807, 2.05) is 6.07 Å². The summed E-state index contributed by atoms with van der Waals surface area (Å²) in [6.45, 7) is 4.51. The maximum absolute atomic E-state index is 8.73. The molecule has 1 rings (SSSR count). The molecule has 0 atom stereocenters. The predicted octanol–water partition coefficient (Wildman–Crippen LogP) is 2.02. The van der Waals surface area contributed by atoms with Crippen molar-refractivity contribution in [3.63, 3.8) is 0 Å². The van der Waals surface area contributed by atoms with Crippen LogP contribution in [0.25, 0.3) is 0 Å². The summed E-state index contributed by atoms with van der Waals surface area (Å²) >= 11 is 0. The lowest BCUT2D eigenvalue weighted by Gasteiger charge is -2.10. The van der Waals surface area contributed by atoms with Crippen molar-refractivity contribution in [3.05, 3.63) is 11.9 Å². The van der Waals surface area contributed by atoms with Crippen molar-refractivity contribution < 1.29 is 9.84 Å². The number of nitrogens with zero attached hydrogens (tertiary/aromatic N) is 2. The summed E-state index contributed by atoms with van der Waals surface area (Å²) < 4.78 is 5.09. The van der Waals surface area contributed by atoms with Crippen LogP contribution in [0, 0.1) is 0 Å². The molecule has 114 valence electrons. The van der Waals surface area contributed by atoms with Gasteiger partial charge in [0, 0.05) is 32.9 Å². The van der Waals surface area contributed by atoms with Crippen LogP contribution in [0.1, 0.15) is 38.4 Å². The molecule has 3 N–H and O–H groups in total. The molecule has 6 heteroatoms. The topological polar surface area (TPSA) is 79.3 Å². The first-order valence-corrected chi connectivity index (χ1v) is 7.25. The monoisotopic (exact) mass is 282 g/mol. The molecule has 6 nitrogen and oxygen atoms in total. The number of rotatable bonds is 11. The van der Waals surface area contributed by atoms with E-state index in [2.05, 4.69) is 27.5 Å². The second-order valence-corrected chi connectivity index (χ2v) is 4.63. The van der Waals surface area contributed by atoms with E-state index in [-0.39, 0.29) is 6.61 Å². The van der Waals surface area contributed by atoms with Gasteiger partial charge in [0.2, 0.25) is 0 Å². The van der Waals surface area contributed by atoms with Crippen LogP contribution in [0.4, 0.5) is 11.6 Å². The first-order chi connectivity index (χ1) is 9.80. The molecule has 0 aromatic carbocycles. The minimum atomic E-state index is 0.260. The van der Waals surface area contributed by atoms with E-state index in [1.54, 1.807) is 7.11 Å². The number of aliphatic hydroxyl groups is 1. The summed E-state index contributed by atoms with van der Waals surface area (Å²) in [6, 6.07) is 1.92. The lowest BCUT2D eigenvalue weighted by molar-refractivity contribution is 0.178. The summed E-state index contributed by atoms with van der Waals surface area (Å²) in [5.74, 6) is 2.31. The minimum absolute atomic E-state index is 0.260. The number of aliphatic hydroxyl groups excluding tert-OH is 1. The van der Waals surface area contributed by atoms with Crippen molar-refractivity contribution in [3.8, 4) is 0 Å². The van der Waals surface area contributed by atoms with Crippen LogP contribution in [0.15, 0.2) is 6.07 Å². The maximum Gasteiger partial charge on any atom is 0.158 e. The minimum Gasteiger partial charge on any atom is -0.396 e. The number of aromatic nitrogens is 2. The molecule has 20 heavy (non-hydrogen) atoms. The highest BCUT2D eigenvalue weighted by Crippen LogP contribution is 2.12. The molecule has 0 amide bonds. The Bertz CT molecular complexity index is 374. The van der Waals surface area contributed by atoms with E-state index in [9.17, 15) is 0 Å². The summed E-state index contributed by atoms with van der Waals surface area (Å²) in [4.78, 5) is 8.81. The molecule has 0 saturated heterocycles. The molecule has 0 aliphatic heterocycles. The largest absolute Gasteiger partial charge is 0.396 e. The molecule has 1 heterocycles. The fourth-order valence-corrected chi connectivity index (χ4v) is 1.76. The van der Waals surface area contributed by atoms with E-state index in [0.717, 1.165) is 50.4 Å². The van der Waals surface area contributed by atoms with Crippen molar-refractivity contribution in [1.29, 1.82) is 0 Å². The Kier molecular flexibility index (Phi) is 8.66. The van der Waals surface area contributed by atoms with E-state index >= 15 is 0 Å². The van der Waals surface area contributed by atoms with Gasteiger partial charge in [-0.1, -0.05) is 6.92 Å². The van der Waals surface area contributed by atoms with Gasteiger partial charge in [0.15, 0.2) is 5.82 Å². The van der Waals surface area contributed by atoms with Gasteiger partial charge in [0.1, 0.15) is 18.2 Å². The third-order valence-electron chi connectivity index (χ3n) is 2.74. The van der Waals surface area contributed by atoms with E-state index in [4.69, 9.17) is 9.84 Å². The normalized spacial score (nSPS) is 10.6. The first-order valence-electron chi connectivity index (χ1n) is 7.25. The molecule has 0 saturated carbocycles. The number of nitrogens with one attached hydrogen (secondary N) is 2. The average molecular weight is 282 g/mol. The predicted molar refractivity (Wildman–Crippen MR) is 81.0 cm³/mol. The zero-order valence-electron chi connectivity index (χ0n) is 12.5. The van der Waals surface area contributed by atoms with Crippen LogP contribution in [0.5, 0.6) is 0 Å². The highest BCUT2D eigenvalue weighted by atomic mass is 16.5. The number of hydrogen-bond acceptors (Lipinski definition) is 6. The van der Waals surface area contributed by atoms with Gasteiger partial charge in [-0.2, -0.15) is 0 Å². The summed E-state index contributed by atoms with van der Waals surface area (Å²) in [7, 11) is 1.64. The molecule has 0 aliphatic carbocycles. The van der Waals surface area contributed by atoms with Crippen LogP contribution < -0.4 is 10.6 Å². The van der Waals surface area contributed by atoms with Crippen LogP contribution in [0.2, 0.25) is 0 Å². The van der Waals surface area contributed by atoms with Crippen molar-refractivity contribution >= 4 is 11.6 Å². The smallest absolute Gasteiger partial charge is 0.158 e. The molecular formula is C14H26N4O2. The third-order valence-corrected chi connectivity index (χ3v) is 2.74. The van der Waals surface area contributed by atoms with Gasteiger partial charge in [-0.25, -0.2) is 9.97 Å². The van der Waals surface area contributed by atoms with Gasteiger partial charge in [-0.3, -0.25) is 0 Å². The van der Waals surface area contributed by atoms with Crippen molar-refractivity contribution in [2.24, 2.45) is 0 Å². The highest BCUT2D eigenvalue weighted by Gasteiger charge is 2.04. The number of hydrogen-bond donors (Lipinski definition) is 3. The fourth-order valence-electron chi connectivity index (χ4n) is 1.76. The molecule has 0 spiro atoms. The van der Waals surface area contributed by atoms with Gasteiger partial charge in [0.25, 0.3) is 0 Å². The second kappa shape index (κ2) is 10.4. The van der Waals surface area contributed by atoms with Crippen molar-refractivity contribution in [2.45, 2.75) is 39.2 Å². The van der Waals surface area contributed by atoms with E-state index in [1.165, 1.54) is 0 Å². The number of ether oxygens (including phenoxy) is 1. The van der Waals surface area contributed by atoms with Crippen molar-refractivity contribution in [1.82, 2.24) is 9.97 Å². The van der Waals surface area contributed by atoms with Gasteiger partial charge >= 0.3 is 0 Å². The lowest BCUT2D eigenvalue weighted by Crippen LogP contribution is -2.10. The molecule has 0 unspecified atom stereocenters. The fraction of sp³-hybridized carbons (Fsp3) is 0.714. The number of unbranched alkanes of at least 4 members (excludes halogenated alkanes) is 2. The Morgan fingerprint density at radius 1 is 1.10 bits per heavy atom. The maximum atomic E-state index is 8.73. The van der Waals surface area contributed by atoms with Crippen LogP contribution >= 0.6 is 0 Å². The van der Waals surface area contributed by atoms with Gasteiger partial charge in [0.05, 0.1) is 0 Å².